The summed E-state index contributed by atoms with van der Waals surface area (Å²) >= 11 is 0. The first-order valence-electron chi connectivity index (χ1n) is 6.92. The van der Waals surface area contributed by atoms with Crippen LogP contribution in [0.3, 0.4) is 0 Å². The van der Waals surface area contributed by atoms with Crippen LogP contribution in [0.2, 0.25) is 0 Å². The summed E-state index contributed by atoms with van der Waals surface area (Å²) in [6.07, 6.45) is 3.06. The highest BCUT2D eigenvalue weighted by molar-refractivity contribution is 7.89. The lowest BCUT2D eigenvalue weighted by molar-refractivity contribution is 0.185. The number of ether oxygens (including phenoxy) is 1. The number of anilines is 1. The molecule has 0 saturated heterocycles. The molecule has 0 aromatic heterocycles. The van der Waals surface area contributed by atoms with Crippen molar-refractivity contribution >= 4 is 15.7 Å². The first kappa shape index (κ1) is 16.1. The highest BCUT2D eigenvalue weighted by atomic mass is 32.2. The lowest BCUT2D eigenvalue weighted by atomic mass is 10.0. The molecule has 0 bridgehead atoms. The van der Waals surface area contributed by atoms with Crippen LogP contribution in [0.25, 0.3) is 0 Å². The molecule has 1 aliphatic rings. The van der Waals surface area contributed by atoms with Crippen LogP contribution >= 0.6 is 0 Å². The van der Waals surface area contributed by atoms with Crippen molar-refractivity contribution in [3.63, 3.8) is 0 Å². The molecular weight excluding hydrogens is 292 g/mol. The van der Waals surface area contributed by atoms with Crippen LogP contribution in [0.1, 0.15) is 31.2 Å². The molecule has 0 radical (unpaired) electrons. The minimum Gasteiger partial charge on any atom is -0.495 e. The van der Waals surface area contributed by atoms with Gasteiger partial charge in [-0.25, -0.2) is 13.1 Å². The molecule has 0 amide bonds. The van der Waals surface area contributed by atoms with Gasteiger partial charge < -0.3 is 15.6 Å². The van der Waals surface area contributed by atoms with E-state index in [4.69, 9.17) is 10.5 Å². The van der Waals surface area contributed by atoms with Crippen molar-refractivity contribution in [1.82, 2.24) is 4.72 Å². The second-order valence-corrected chi connectivity index (χ2v) is 7.26. The van der Waals surface area contributed by atoms with Crippen molar-refractivity contribution in [2.75, 3.05) is 19.5 Å². The van der Waals surface area contributed by atoms with E-state index in [-0.39, 0.29) is 17.3 Å². The molecule has 1 fully saturated rings. The van der Waals surface area contributed by atoms with Gasteiger partial charge in [0, 0.05) is 5.69 Å². The van der Waals surface area contributed by atoms with E-state index < -0.39 is 15.6 Å². The van der Waals surface area contributed by atoms with Crippen LogP contribution in [0.4, 0.5) is 5.69 Å². The van der Waals surface area contributed by atoms with Gasteiger partial charge in [0.25, 0.3) is 0 Å². The highest BCUT2D eigenvalue weighted by Gasteiger charge is 2.38. The van der Waals surface area contributed by atoms with Crippen molar-refractivity contribution in [3.8, 4) is 5.75 Å². The van der Waals surface area contributed by atoms with E-state index in [0.717, 1.165) is 18.4 Å². The maximum Gasteiger partial charge on any atom is 0.244 e. The van der Waals surface area contributed by atoms with Gasteiger partial charge in [-0.1, -0.05) is 12.8 Å². The Hall–Kier alpha value is -1.31. The zero-order valence-electron chi connectivity index (χ0n) is 12.3. The van der Waals surface area contributed by atoms with Gasteiger partial charge in [0.1, 0.15) is 10.6 Å². The molecule has 1 saturated carbocycles. The van der Waals surface area contributed by atoms with Gasteiger partial charge in [-0.3, -0.25) is 0 Å². The number of nitrogen functional groups attached to an aromatic ring is 1. The summed E-state index contributed by atoms with van der Waals surface area (Å²) in [5.41, 5.74) is 6.19. The molecule has 7 heteroatoms. The maximum absolute atomic E-state index is 12.6. The van der Waals surface area contributed by atoms with Gasteiger partial charge in [0.15, 0.2) is 0 Å². The molecule has 1 aromatic carbocycles. The van der Waals surface area contributed by atoms with Gasteiger partial charge >= 0.3 is 0 Å². The Morgan fingerprint density at radius 3 is 2.52 bits per heavy atom. The third kappa shape index (κ3) is 3.14. The summed E-state index contributed by atoms with van der Waals surface area (Å²) in [6.45, 7) is 1.57. The van der Waals surface area contributed by atoms with Crippen molar-refractivity contribution in [2.45, 2.75) is 43.0 Å². The lowest BCUT2D eigenvalue weighted by Crippen LogP contribution is -2.49. The third-order valence-electron chi connectivity index (χ3n) is 4.06. The topological polar surface area (TPSA) is 102 Å². The Morgan fingerprint density at radius 2 is 2.00 bits per heavy atom. The van der Waals surface area contributed by atoms with E-state index in [2.05, 4.69) is 4.72 Å². The van der Waals surface area contributed by atoms with Crippen LogP contribution in [-0.2, 0) is 10.0 Å². The fourth-order valence-corrected chi connectivity index (χ4v) is 4.37. The number of nitrogens with one attached hydrogen (secondary N) is 1. The maximum atomic E-state index is 12.6. The Morgan fingerprint density at radius 1 is 1.38 bits per heavy atom. The molecule has 1 aromatic rings. The number of aryl methyl sites for hydroxylation is 1. The van der Waals surface area contributed by atoms with Gasteiger partial charge in [-0.15, -0.1) is 0 Å². The van der Waals surface area contributed by atoms with Gasteiger partial charge in [-0.2, -0.15) is 0 Å². The molecule has 0 aliphatic heterocycles. The van der Waals surface area contributed by atoms with Crippen molar-refractivity contribution in [2.24, 2.45) is 0 Å². The Kier molecular flexibility index (Phi) is 4.46. The molecular formula is C14H22N2O4S. The van der Waals surface area contributed by atoms with E-state index in [9.17, 15) is 13.5 Å². The number of methoxy groups -OCH3 is 1. The van der Waals surface area contributed by atoms with Crippen molar-refractivity contribution in [1.29, 1.82) is 0 Å². The minimum atomic E-state index is -3.81. The third-order valence-corrected chi connectivity index (χ3v) is 5.66. The van der Waals surface area contributed by atoms with E-state index in [1.165, 1.54) is 13.2 Å². The molecule has 6 nitrogen and oxygen atoms in total. The van der Waals surface area contributed by atoms with Gasteiger partial charge in [0.05, 0.1) is 19.3 Å². The minimum absolute atomic E-state index is 0.00725. The molecule has 4 N–H and O–H groups in total. The quantitative estimate of drug-likeness (QED) is 0.708. The van der Waals surface area contributed by atoms with Crippen molar-refractivity contribution in [3.05, 3.63) is 17.7 Å². The normalized spacial score (nSPS) is 17.9. The van der Waals surface area contributed by atoms with E-state index in [1.54, 1.807) is 13.0 Å². The monoisotopic (exact) mass is 314 g/mol. The zero-order chi connectivity index (χ0) is 15.7. The number of nitrogens with two attached hydrogens (primary N) is 1. The number of aliphatic hydroxyl groups excluding tert-OH is 1. The zero-order valence-corrected chi connectivity index (χ0v) is 13.2. The summed E-state index contributed by atoms with van der Waals surface area (Å²) in [5.74, 6) is 0.250. The first-order chi connectivity index (χ1) is 9.83. The van der Waals surface area contributed by atoms with Crippen LogP contribution in [0.15, 0.2) is 17.0 Å². The second-order valence-electron chi connectivity index (χ2n) is 5.61. The number of hydrogen-bond acceptors (Lipinski definition) is 5. The fourth-order valence-electron chi connectivity index (χ4n) is 2.73. The molecule has 2 rings (SSSR count). The Balaban J connectivity index is 2.42. The number of benzene rings is 1. The molecule has 21 heavy (non-hydrogen) atoms. The average molecular weight is 314 g/mol. The molecule has 0 atom stereocenters. The number of sulfonamides is 1. The van der Waals surface area contributed by atoms with Crippen LogP contribution in [0.5, 0.6) is 5.75 Å². The molecule has 118 valence electrons. The summed E-state index contributed by atoms with van der Waals surface area (Å²) in [5, 5.41) is 9.57. The Labute approximate surface area is 125 Å². The molecule has 1 aliphatic carbocycles. The average Bonchev–Trinajstić information content (AvgIpc) is 2.89. The fraction of sp³-hybridized carbons (Fsp3) is 0.571. The predicted octanol–water partition coefficient (Wildman–Crippen LogP) is 1.17. The summed E-state index contributed by atoms with van der Waals surface area (Å²) < 4.78 is 33.1. The van der Waals surface area contributed by atoms with E-state index >= 15 is 0 Å². The SMILES string of the molecule is COc1cc(C)c(N)cc1S(=O)(=O)NC1(CO)CCCC1. The van der Waals surface area contributed by atoms with Crippen LogP contribution < -0.4 is 15.2 Å². The standard InChI is InChI=1S/C14H22N2O4S/c1-10-7-12(20-2)13(8-11(10)15)21(18,19)16-14(9-17)5-3-4-6-14/h7-8,16-17H,3-6,9,15H2,1-2H3. The first-order valence-corrected chi connectivity index (χ1v) is 8.41. The van der Waals surface area contributed by atoms with E-state index in [0.29, 0.717) is 18.5 Å². The number of hydrogen-bond donors (Lipinski definition) is 3. The molecule has 0 spiro atoms. The summed E-state index contributed by atoms with van der Waals surface area (Å²) in [4.78, 5) is 0.00725. The second kappa shape index (κ2) is 5.82. The molecule has 0 heterocycles. The van der Waals surface area contributed by atoms with Crippen LogP contribution in [-0.4, -0.2) is 32.8 Å². The molecule has 0 unspecified atom stereocenters. The summed E-state index contributed by atoms with van der Waals surface area (Å²) in [7, 11) is -2.39. The Bertz CT molecular complexity index is 622. The smallest absolute Gasteiger partial charge is 0.244 e. The number of aliphatic hydroxyl groups is 1. The predicted molar refractivity (Wildman–Crippen MR) is 80.7 cm³/mol. The summed E-state index contributed by atoms with van der Waals surface area (Å²) in [6, 6.07) is 3.00. The van der Waals surface area contributed by atoms with Gasteiger partial charge in [0.2, 0.25) is 10.0 Å². The van der Waals surface area contributed by atoms with Gasteiger partial charge in [-0.05, 0) is 37.5 Å². The number of rotatable bonds is 5. The lowest BCUT2D eigenvalue weighted by Gasteiger charge is -2.28. The van der Waals surface area contributed by atoms with Crippen LogP contribution in [0, 0.1) is 6.92 Å². The van der Waals surface area contributed by atoms with E-state index in [1.807, 2.05) is 0 Å². The highest BCUT2D eigenvalue weighted by Crippen LogP contribution is 2.34. The largest absolute Gasteiger partial charge is 0.495 e. The van der Waals surface area contributed by atoms with Crippen molar-refractivity contribution < 1.29 is 18.3 Å².